The summed E-state index contributed by atoms with van der Waals surface area (Å²) in [7, 11) is -0.540. The van der Waals surface area contributed by atoms with Crippen molar-refractivity contribution in [3.8, 4) is 0 Å². The molecule has 104 heavy (non-hydrogen) atoms. The van der Waals surface area contributed by atoms with E-state index >= 15 is 8.78 Å². The molecular formula is C66H102F14N10O10S2Si2. The van der Waals surface area contributed by atoms with Crippen LogP contribution in [-0.2, 0) is 71.2 Å². The van der Waals surface area contributed by atoms with Crippen LogP contribution in [0.4, 0.5) is 66.3 Å². The third kappa shape index (κ3) is 27.6. The van der Waals surface area contributed by atoms with Gasteiger partial charge in [0.1, 0.15) is 69.8 Å². The first-order valence-corrected chi connectivity index (χ1v) is 43.1. The van der Waals surface area contributed by atoms with Gasteiger partial charge in [0.05, 0.1) is 48.5 Å². The van der Waals surface area contributed by atoms with Crippen molar-refractivity contribution in [3.05, 3.63) is 94.6 Å². The topological polar surface area (TPSA) is 252 Å². The number of carbonyl (C=O) groups is 1. The van der Waals surface area contributed by atoms with Gasteiger partial charge in [0, 0.05) is 97.1 Å². The Morgan fingerprint density at radius 1 is 0.596 bits per heavy atom. The van der Waals surface area contributed by atoms with Crippen LogP contribution in [0.1, 0.15) is 122 Å². The van der Waals surface area contributed by atoms with Crippen LogP contribution in [-0.4, -0.2) is 185 Å². The number of carboxylic acid groups (broad SMARTS) is 1. The average Bonchev–Trinajstić information content (AvgIpc) is 1.61. The van der Waals surface area contributed by atoms with Crippen LogP contribution in [0.5, 0.6) is 0 Å². The van der Waals surface area contributed by atoms with E-state index in [2.05, 4.69) is 69.3 Å². The van der Waals surface area contributed by atoms with Gasteiger partial charge in [-0.05, 0) is 99.0 Å². The van der Waals surface area contributed by atoms with Gasteiger partial charge in [0.2, 0.25) is 0 Å². The highest BCUT2D eigenvalue weighted by atomic mass is 32.2. The average molecular weight is 1580 g/mol. The predicted molar refractivity (Wildman–Crippen MR) is 376 cm³/mol. The van der Waals surface area contributed by atoms with Crippen molar-refractivity contribution in [2.45, 2.75) is 235 Å². The summed E-state index contributed by atoms with van der Waals surface area (Å²) in [6.45, 7) is 24.6. The molecule has 594 valence electrons. The van der Waals surface area contributed by atoms with Crippen molar-refractivity contribution in [1.29, 1.82) is 0 Å². The number of imidazole rings is 2. The normalized spacial score (nSPS) is 16.8. The highest BCUT2D eigenvalue weighted by Gasteiger charge is 2.48. The molecule has 0 unspecified atom stereocenters. The molecule has 0 fully saturated rings. The molecule has 1 amide bonds. The molecule has 0 bridgehead atoms. The highest BCUT2D eigenvalue weighted by Crippen LogP contribution is 2.37. The summed E-state index contributed by atoms with van der Waals surface area (Å²) in [5.41, 5.74) is 5.12. The van der Waals surface area contributed by atoms with Crippen molar-refractivity contribution < 1.29 is 109 Å². The van der Waals surface area contributed by atoms with Gasteiger partial charge >= 0.3 is 30.8 Å². The molecule has 0 radical (unpaired) electrons. The molecule has 0 aliphatic rings. The van der Waals surface area contributed by atoms with Crippen LogP contribution in [0, 0.1) is 11.6 Å². The van der Waals surface area contributed by atoms with E-state index in [9.17, 15) is 71.7 Å². The molecule has 3 aromatic carbocycles. The Kier molecular flexibility index (Phi) is 33.8. The van der Waals surface area contributed by atoms with Crippen LogP contribution in [0.15, 0.2) is 54.6 Å². The maximum Gasteiger partial charge on any atom is 0.414 e. The molecule has 20 nitrogen and oxygen atoms in total. The number of hydrogen-bond acceptors (Lipinski definition) is 16. The van der Waals surface area contributed by atoms with E-state index in [0.717, 1.165) is 25.9 Å². The number of halogens is 14. The Hall–Kier alpha value is -4.50. The van der Waals surface area contributed by atoms with Gasteiger partial charge in [-0.25, -0.2) is 23.5 Å². The third-order valence-corrected chi connectivity index (χ3v) is 22.8. The minimum atomic E-state index is -5.03. The molecular weight excluding hydrogens is 1480 g/mol. The number of amides is 1. The summed E-state index contributed by atoms with van der Waals surface area (Å²) in [6.07, 6.45) is -28.0. The predicted octanol–water partition coefficient (Wildman–Crippen LogP) is 14.4. The van der Waals surface area contributed by atoms with E-state index in [-0.39, 0.29) is 76.4 Å². The quantitative estimate of drug-likeness (QED) is 0.00935. The minimum absolute atomic E-state index is 0.00104. The summed E-state index contributed by atoms with van der Waals surface area (Å²) < 4.78 is 264. The number of benzene rings is 3. The fourth-order valence-corrected chi connectivity index (χ4v) is 13.3. The molecule has 2 aromatic heterocycles. The third-order valence-electron chi connectivity index (χ3n) is 16.3. The Balaban J connectivity index is 0.000000449. The standard InChI is InChI=1S/C37H54F7N5O6SSi.C29H48F7N5O4SSi/c1-23(55-24(2)36(39,40)41)31(47-56(52)35(3,4)5)33-46-32-28(49(33)22-54-17-18-57(7,8)9)16-15-26(30(32)38)27(21-53-6)45-19-29(37(42,43)44)48(34(50)51)20-25-13-11-10-12-14-25;1-17(45-18(2)28(31,32)33)24(40-46(42)27(3,4)5)26-39-25-21(41(26)16-44-12-13-47(7,8)9)11-10-19(23(25)30)20(15-43-6)38-14-22(37)29(34,35)36/h10-16,23-24,27,29,31,45,47H,17-22H2,1-9H3,(H,50,51);10-11,17-18,20,22,24,38,40H,12-16,37H2,1-9H3/t23-,24-,27-,29+,31+,56+;17-,18-,20-,22+,24+,46+/m11/s1. The first kappa shape index (κ1) is 91.9. The van der Waals surface area contributed by atoms with Crippen molar-refractivity contribution >= 4 is 67.0 Å². The first-order chi connectivity index (χ1) is 47.6. The summed E-state index contributed by atoms with van der Waals surface area (Å²) in [5.74, 6) is -1.94. The SMILES string of the molecule is COC[C@@H](NC[C@H](N(Cc1ccccc1)C(=O)O)C(F)(F)F)c1ccc2c(nc([C@@H](N[S@@+]([O-])C(C)(C)C)[C@@H](C)O[C@H](C)C(F)(F)F)n2COCC[Si](C)(C)C)c1F.COC[C@@H](NC[C@H](N)C(F)(F)F)c1ccc2c(nc([C@@H](N[S@@+]([O-])C(C)(C)C)[C@@H](C)O[C@H](C)C(F)(F)F)n2COCC[Si](C)(C)C)c1F. The summed E-state index contributed by atoms with van der Waals surface area (Å²) in [6, 6.07) is 5.26. The van der Waals surface area contributed by atoms with E-state index in [0.29, 0.717) is 18.8 Å². The Bertz CT molecular complexity index is 3470. The van der Waals surface area contributed by atoms with Gasteiger partial charge in [-0.1, -0.05) is 81.7 Å². The summed E-state index contributed by atoms with van der Waals surface area (Å²) in [5, 5.41) is 15.1. The van der Waals surface area contributed by atoms with Crippen molar-refractivity contribution in [1.82, 2.24) is 44.1 Å². The lowest BCUT2D eigenvalue weighted by Gasteiger charge is -2.32. The molecule has 0 saturated carbocycles. The van der Waals surface area contributed by atoms with Crippen LogP contribution < -0.4 is 25.8 Å². The smallest absolute Gasteiger partial charge is 0.414 e. The van der Waals surface area contributed by atoms with Crippen molar-refractivity contribution in [2.75, 3.05) is 53.7 Å². The molecule has 0 saturated heterocycles. The Labute approximate surface area is 606 Å². The largest absolute Gasteiger partial charge is 0.598 e. The molecule has 0 aliphatic carbocycles. The minimum Gasteiger partial charge on any atom is -0.598 e. The monoisotopic (exact) mass is 1580 g/mol. The Morgan fingerprint density at radius 3 is 1.29 bits per heavy atom. The van der Waals surface area contributed by atoms with E-state index < -0.39 is 171 Å². The van der Waals surface area contributed by atoms with Crippen LogP contribution >= 0.6 is 0 Å². The zero-order valence-corrected chi connectivity index (χ0v) is 65.4. The zero-order chi connectivity index (χ0) is 79.2. The fraction of sp³-hybridized carbons (Fsp3) is 0.682. The maximum atomic E-state index is 16.8. The van der Waals surface area contributed by atoms with Crippen LogP contribution in [0.3, 0.4) is 0 Å². The first-order valence-electron chi connectivity index (χ1n) is 33.3. The van der Waals surface area contributed by atoms with Gasteiger partial charge in [0.25, 0.3) is 0 Å². The van der Waals surface area contributed by atoms with E-state index in [1.807, 2.05) is 0 Å². The second-order valence-electron chi connectivity index (χ2n) is 29.6. The van der Waals surface area contributed by atoms with E-state index in [4.69, 9.17) is 34.2 Å². The lowest BCUT2D eigenvalue weighted by molar-refractivity contribution is -0.227. The molecule has 0 aliphatic heterocycles. The number of nitrogens with one attached hydrogen (secondary N) is 4. The van der Waals surface area contributed by atoms with Crippen LogP contribution in [0.2, 0.25) is 51.4 Å². The lowest BCUT2D eigenvalue weighted by atomic mass is 10.0. The number of ether oxygens (including phenoxy) is 6. The number of fused-ring (bicyclic) bond motifs is 2. The molecule has 7 N–H and O–H groups in total. The maximum absolute atomic E-state index is 16.8. The van der Waals surface area contributed by atoms with Crippen molar-refractivity contribution in [2.24, 2.45) is 5.73 Å². The molecule has 5 rings (SSSR count). The van der Waals surface area contributed by atoms with E-state index in [1.165, 1.54) is 73.6 Å². The van der Waals surface area contributed by atoms with Gasteiger partial charge in [0.15, 0.2) is 23.8 Å². The number of hydrogen-bond donors (Lipinski definition) is 6. The molecule has 5 aromatic rings. The number of rotatable bonds is 37. The second kappa shape index (κ2) is 38.2. The summed E-state index contributed by atoms with van der Waals surface area (Å²) >= 11 is -3.72. The number of alkyl halides is 12. The zero-order valence-electron chi connectivity index (χ0n) is 61.8. The van der Waals surface area contributed by atoms with Gasteiger partial charge in [-0.3, -0.25) is 4.90 Å². The van der Waals surface area contributed by atoms with Crippen LogP contribution in [0.25, 0.3) is 22.1 Å². The number of aromatic nitrogens is 4. The molecule has 38 heteroatoms. The van der Waals surface area contributed by atoms with Gasteiger partial charge in [-0.2, -0.15) is 52.7 Å². The van der Waals surface area contributed by atoms with E-state index in [1.54, 1.807) is 59.7 Å². The van der Waals surface area contributed by atoms with Crippen molar-refractivity contribution in [3.63, 3.8) is 0 Å². The Morgan fingerprint density at radius 2 is 0.971 bits per heavy atom. The lowest BCUT2D eigenvalue weighted by Crippen LogP contribution is -2.53. The van der Waals surface area contributed by atoms with Gasteiger partial charge < -0.3 is 68.1 Å². The van der Waals surface area contributed by atoms with Gasteiger partial charge in [-0.15, -0.1) is 9.44 Å². The molecule has 0 spiro atoms. The number of nitrogens with two attached hydrogens (primary N) is 1. The number of methoxy groups -OCH3 is 2. The molecule has 2 heterocycles. The number of nitrogens with zero attached hydrogens (tertiary/aromatic N) is 5. The fourth-order valence-electron chi connectivity index (χ4n) is 9.98. The highest BCUT2D eigenvalue weighted by molar-refractivity contribution is 7.91. The second-order valence-corrected chi connectivity index (χ2v) is 44.8. The molecule has 12 atom stereocenters. The summed E-state index contributed by atoms with van der Waals surface area (Å²) in [4.78, 5) is 21.4.